The Hall–Kier alpha value is -3.21. The molecule has 1 atom stereocenters. The minimum absolute atomic E-state index is 0.159. The number of nitrogens with one attached hydrogen (secondary N) is 3. The highest BCUT2D eigenvalue weighted by molar-refractivity contribution is 8.00. The first-order chi connectivity index (χ1) is 17.0. The maximum absolute atomic E-state index is 12.4. The van der Waals surface area contributed by atoms with Gasteiger partial charge in [-0.2, -0.15) is 0 Å². The number of benzene rings is 1. The monoisotopic (exact) mass is 510 g/mol. The normalized spacial score (nSPS) is 17.4. The van der Waals surface area contributed by atoms with E-state index in [-0.39, 0.29) is 35.4 Å². The summed E-state index contributed by atoms with van der Waals surface area (Å²) in [6, 6.07) is 14.9. The number of rotatable bonds is 8. The molecule has 0 bridgehead atoms. The van der Waals surface area contributed by atoms with Crippen LogP contribution in [0.25, 0.3) is 10.4 Å². The number of thioether (sulfide) groups is 1. The summed E-state index contributed by atoms with van der Waals surface area (Å²) in [5.41, 5.74) is 3.74. The number of carbonyl (C=O) groups excluding carboxylic acids is 3. The van der Waals surface area contributed by atoms with Crippen LogP contribution < -0.4 is 16.1 Å². The zero-order chi connectivity index (χ0) is 24.7. The van der Waals surface area contributed by atoms with Crippen molar-refractivity contribution in [1.29, 1.82) is 0 Å². The van der Waals surface area contributed by atoms with Crippen molar-refractivity contribution < 1.29 is 19.6 Å². The van der Waals surface area contributed by atoms with Crippen molar-refractivity contribution >= 4 is 46.5 Å². The summed E-state index contributed by atoms with van der Waals surface area (Å²) in [5, 5.41) is 14.5. The van der Waals surface area contributed by atoms with Gasteiger partial charge in [0.25, 0.3) is 5.91 Å². The smallest absolute Gasteiger partial charge is 0.253 e. The highest BCUT2D eigenvalue weighted by Gasteiger charge is 2.38. The second-order valence-corrected chi connectivity index (χ2v) is 10.8. The van der Waals surface area contributed by atoms with Gasteiger partial charge in [-0.05, 0) is 60.6 Å². The van der Waals surface area contributed by atoms with E-state index >= 15 is 0 Å². The second kappa shape index (κ2) is 11.5. The molecular weight excluding hydrogens is 484 g/mol. The molecule has 1 aliphatic rings. The molecule has 0 spiro atoms. The Morgan fingerprint density at radius 3 is 2.69 bits per heavy atom. The van der Waals surface area contributed by atoms with E-state index in [0.717, 1.165) is 40.3 Å². The summed E-state index contributed by atoms with van der Waals surface area (Å²) < 4.78 is -0.341. The van der Waals surface area contributed by atoms with Crippen LogP contribution in [-0.4, -0.2) is 40.2 Å². The predicted octanol–water partition coefficient (Wildman–Crippen LogP) is 4.19. The second-order valence-electron chi connectivity index (χ2n) is 8.23. The molecule has 0 radical (unpaired) electrons. The lowest BCUT2D eigenvalue weighted by Crippen LogP contribution is -2.32. The molecule has 8 nitrogen and oxygen atoms in total. The van der Waals surface area contributed by atoms with E-state index in [0.29, 0.717) is 11.3 Å². The standard InChI is InChI=1S/C25H26N4O4S2/c30-22(29-33)14-25(10-1-2-12-34-25)21-9-8-20(35-21)17-5-3-7-19(13-17)28-23(31)16-27-24(32)18-6-4-11-26-15-18/h3-9,11,13,15,33H,1-2,10,12,14,16H2,(H,27,32)(H,28,31)(H,29,30)/t25-/m0/s1. The van der Waals surface area contributed by atoms with Crippen LogP contribution in [0.4, 0.5) is 5.69 Å². The van der Waals surface area contributed by atoms with Crippen LogP contribution in [0.5, 0.6) is 0 Å². The van der Waals surface area contributed by atoms with Gasteiger partial charge in [0.05, 0.1) is 16.9 Å². The molecule has 3 amide bonds. The Morgan fingerprint density at radius 2 is 1.94 bits per heavy atom. The summed E-state index contributed by atoms with van der Waals surface area (Å²) in [7, 11) is 0. The van der Waals surface area contributed by atoms with Gasteiger partial charge in [-0.1, -0.05) is 18.6 Å². The molecule has 1 fully saturated rings. The Bertz CT molecular complexity index is 1190. The van der Waals surface area contributed by atoms with E-state index in [9.17, 15) is 14.4 Å². The highest BCUT2D eigenvalue weighted by Crippen LogP contribution is 2.50. The molecule has 3 aromatic rings. The molecule has 1 aromatic carbocycles. The van der Waals surface area contributed by atoms with Gasteiger partial charge in [0.15, 0.2) is 0 Å². The van der Waals surface area contributed by atoms with Crippen LogP contribution in [0.15, 0.2) is 60.9 Å². The summed E-state index contributed by atoms with van der Waals surface area (Å²) >= 11 is 3.40. The minimum atomic E-state index is -0.380. The Labute approximate surface area is 211 Å². The topological polar surface area (TPSA) is 120 Å². The van der Waals surface area contributed by atoms with Gasteiger partial charge in [-0.3, -0.25) is 24.6 Å². The first kappa shape index (κ1) is 24.9. The van der Waals surface area contributed by atoms with Gasteiger partial charge in [0, 0.05) is 34.3 Å². The average Bonchev–Trinajstić information content (AvgIpc) is 3.40. The molecule has 2 aromatic heterocycles. The van der Waals surface area contributed by atoms with Crippen LogP contribution >= 0.6 is 23.1 Å². The van der Waals surface area contributed by atoms with Crippen LogP contribution in [0.2, 0.25) is 0 Å². The molecule has 35 heavy (non-hydrogen) atoms. The lowest BCUT2D eigenvalue weighted by atomic mass is 9.94. The number of aromatic nitrogens is 1. The molecule has 10 heteroatoms. The molecule has 182 valence electrons. The van der Waals surface area contributed by atoms with Crippen LogP contribution in [0.1, 0.15) is 40.9 Å². The molecule has 1 saturated heterocycles. The number of hydroxylamine groups is 1. The Balaban J connectivity index is 1.43. The first-order valence-corrected chi connectivity index (χ1v) is 13.0. The first-order valence-electron chi connectivity index (χ1n) is 11.2. The number of anilines is 1. The quantitative estimate of drug-likeness (QED) is 0.266. The van der Waals surface area contributed by atoms with Gasteiger partial charge >= 0.3 is 0 Å². The Kier molecular flexibility index (Phi) is 8.17. The Morgan fingerprint density at radius 1 is 1.06 bits per heavy atom. The fraction of sp³-hybridized carbons (Fsp3) is 0.280. The van der Waals surface area contributed by atoms with Crippen molar-refractivity contribution in [3.05, 3.63) is 71.4 Å². The van der Waals surface area contributed by atoms with Crippen molar-refractivity contribution in [1.82, 2.24) is 15.8 Å². The van der Waals surface area contributed by atoms with Crippen molar-refractivity contribution in [3.63, 3.8) is 0 Å². The lowest BCUT2D eigenvalue weighted by molar-refractivity contribution is -0.129. The number of nitrogens with zero attached hydrogens (tertiary/aromatic N) is 1. The van der Waals surface area contributed by atoms with Gasteiger partial charge < -0.3 is 10.6 Å². The predicted molar refractivity (Wildman–Crippen MR) is 137 cm³/mol. The molecule has 4 rings (SSSR count). The number of hydrogen-bond donors (Lipinski definition) is 4. The van der Waals surface area contributed by atoms with Gasteiger partial charge in [0.2, 0.25) is 11.8 Å². The minimum Gasteiger partial charge on any atom is -0.343 e. The summed E-state index contributed by atoms with van der Waals surface area (Å²) in [5.74, 6) is -0.101. The summed E-state index contributed by atoms with van der Waals surface area (Å²) in [4.78, 5) is 42.5. The fourth-order valence-corrected chi connectivity index (χ4v) is 6.91. The zero-order valence-electron chi connectivity index (χ0n) is 19.0. The van der Waals surface area contributed by atoms with Crippen molar-refractivity contribution in [2.45, 2.75) is 30.4 Å². The lowest BCUT2D eigenvalue weighted by Gasteiger charge is -2.35. The van der Waals surface area contributed by atoms with E-state index in [2.05, 4.69) is 21.7 Å². The average molecular weight is 511 g/mol. The largest absolute Gasteiger partial charge is 0.343 e. The molecule has 0 aliphatic carbocycles. The number of carbonyl (C=O) groups is 3. The summed E-state index contributed by atoms with van der Waals surface area (Å²) in [6.45, 7) is -0.159. The maximum atomic E-state index is 12.4. The van der Waals surface area contributed by atoms with Crippen LogP contribution in [0, 0.1) is 0 Å². The van der Waals surface area contributed by atoms with Crippen LogP contribution in [-0.2, 0) is 14.3 Å². The van der Waals surface area contributed by atoms with Gasteiger partial charge in [0.1, 0.15) is 0 Å². The maximum Gasteiger partial charge on any atom is 0.253 e. The third-order valence-corrected chi connectivity index (χ3v) is 8.82. The summed E-state index contributed by atoms with van der Waals surface area (Å²) in [6.07, 6.45) is 6.29. The fourth-order valence-electron chi connectivity index (χ4n) is 4.03. The van der Waals surface area contributed by atoms with E-state index < -0.39 is 0 Å². The molecule has 0 saturated carbocycles. The van der Waals surface area contributed by atoms with Crippen molar-refractivity contribution in [3.8, 4) is 10.4 Å². The van der Waals surface area contributed by atoms with E-state index in [1.807, 2.05) is 24.3 Å². The number of thiophene rings is 1. The number of pyridine rings is 1. The molecule has 3 heterocycles. The third-order valence-electron chi connectivity index (χ3n) is 5.74. The van der Waals surface area contributed by atoms with Crippen LogP contribution in [0.3, 0.4) is 0 Å². The van der Waals surface area contributed by atoms with E-state index in [4.69, 9.17) is 5.21 Å². The van der Waals surface area contributed by atoms with Crippen molar-refractivity contribution in [2.75, 3.05) is 17.6 Å². The molecular formula is C25H26N4O4S2. The molecule has 1 aliphatic heterocycles. The molecule has 0 unspecified atom stereocenters. The third kappa shape index (κ3) is 6.27. The van der Waals surface area contributed by atoms with Gasteiger partial charge in [-0.25, -0.2) is 5.48 Å². The van der Waals surface area contributed by atoms with E-state index in [1.54, 1.807) is 53.0 Å². The number of amides is 3. The van der Waals surface area contributed by atoms with Gasteiger partial charge in [-0.15, -0.1) is 23.1 Å². The van der Waals surface area contributed by atoms with Crippen molar-refractivity contribution in [2.24, 2.45) is 0 Å². The number of hydrogen-bond acceptors (Lipinski definition) is 7. The SMILES string of the molecule is O=C(C[C@]1(c2ccc(-c3cccc(NC(=O)CNC(=O)c4cccnc4)c3)s2)CCCCS1)NO. The highest BCUT2D eigenvalue weighted by atomic mass is 32.2. The van der Waals surface area contributed by atoms with E-state index in [1.165, 1.54) is 6.20 Å². The zero-order valence-corrected chi connectivity index (χ0v) is 20.6. The molecule has 4 N–H and O–H groups in total.